The van der Waals surface area contributed by atoms with Crippen LogP contribution in [0.5, 0.6) is 5.75 Å². The normalized spacial score (nSPS) is 11.7. The maximum Gasteiger partial charge on any atom is 0.170 e. The summed E-state index contributed by atoms with van der Waals surface area (Å²) in [7, 11) is 0. The van der Waals surface area contributed by atoms with Crippen LogP contribution in [0.4, 0.5) is 0 Å². The van der Waals surface area contributed by atoms with Gasteiger partial charge in [-0.2, -0.15) is 0 Å². The summed E-state index contributed by atoms with van der Waals surface area (Å²) in [6.45, 7) is 6.86. The van der Waals surface area contributed by atoms with E-state index in [0.717, 1.165) is 11.3 Å². The van der Waals surface area contributed by atoms with Crippen LogP contribution in [0.15, 0.2) is 47.6 Å². The highest BCUT2D eigenvalue weighted by atomic mass is 16.5. The second-order valence-corrected chi connectivity index (χ2v) is 5.67. The van der Waals surface area contributed by atoms with E-state index in [1.165, 1.54) is 11.1 Å². The van der Waals surface area contributed by atoms with Crippen molar-refractivity contribution in [2.75, 3.05) is 0 Å². The highest BCUT2D eigenvalue weighted by Crippen LogP contribution is 2.28. The minimum atomic E-state index is 0.105. The Morgan fingerprint density at radius 3 is 2.45 bits per heavy atom. The summed E-state index contributed by atoms with van der Waals surface area (Å²) in [5.74, 6) is 1.45. The molecule has 0 aromatic heterocycles. The molecule has 0 bridgehead atoms. The van der Waals surface area contributed by atoms with Crippen molar-refractivity contribution in [2.24, 2.45) is 10.9 Å². The number of aryl methyl sites for hydroxylation is 1. The lowest BCUT2D eigenvalue weighted by molar-refractivity contribution is 0.301. The average Bonchev–Trinajstić information content (AvgIpc) is 2.52. The van der Waals surface area contributed by atoms with Crippen LogP contribution < -0.4 is 10.5 Å². The second-order valence-electron chi connectivity index (χ2n) is 5.67. The minimum Gasteiger partial charge on any atom is -0.489 e. The smallest absolute Gasteiger partial charge is 0.170 e. The molecule has 0 radical (unpaired) electrons. The minimum absolute atomic E-state index is 0.105. The van der Waals surface area contributed by atoms with Crippen LogP contribution in [-0.2, 0) is 6.61 Å². The first-order valence-corrected chi connectivity index (χ1v) is 7.31. The fourth-order valence-corrected chi connectivity index (χ4v) is 2.23. The zero-order valence-corrected chi connectivity index (χ0v) is 13.2. The average molecular weight is 298 g/mol. The van der Waals surface area contributed by atoms with E-state index < -0.39 is 0 Å². The Labute approximate surface area is 131 Å². The van der Waals surface area contributed by atoms with Gasteiger partial charge < -0.3 is 15.7 Å². The molecule has 0 aliphatic heterocycles. The number of ether oxygens (including phenoxy) is 1. The third-order valence-corrected chi connectivity index (χ3v) is 3.54. The van der Waals surface area contributed by atoms with Crippen LogP contribution in [0, 0.1) is 6.92 Å². The predicted molar refractivity (Wildman–Crippen MR) is 88.6 cm³/mol. The first-order valence-electron chi connectivity index (χ1n) is 7.31. The summed E-state index contributed by atoms with van der Waals surface area (Å²) >= 11 is 0. The van der Waals surface area contributed by atoms with Crippen molar-refractivity contribution in [3.8, 4) is 5.75 Å². The summed E-state index contributed by atoms with van der Waals surface area (Å²) in [5.41, 5.74) is 9.66. The van der Waals surface area contributed by atoms with E-state index in [9.17, 15) is 0 Å². The van der Waals surface area contributed by atoms with E-state index >= 15 is 0 Å². The lowest BCUT2D eigenvalue weighted by Gasteiger charge is -2.15. The van der Waals surface area contributed by atoms with Gasteiger partial charge in [-0.25, -0.2) is 0 Å². The van der Waals surface area contributed by atoms with Gasteiger partial charge in [0, 0.05) is 5.56 Å². The van der Waals surface area contributed by atoms with E-state index in [1.807, 2.05) is 24.3 Å². The molecule has 0 saturated carbocycles. The molecular formula is C18H22N2O2. The van der Waals surface area contributed by atoms with Gasteiger partial charge in [0.1, 0.15) is 12.4 Å². The number of hydrogen-bond acceptors (Lipinski definition) is 3. The molecule has 3 N–H and O–H groups in total. The van der Waals surface area contributed by atoms with Gasteiger partial charge in [0.2, 0.25) is 0 Å². The third kappa shape index (κ3) is 3.79. The van der Waals surface area contributed by atoms with Gasteiger partial charge in [-0.3, -0.25) is 0 Å². The number of oxime groups is 1. The Bertz CT molecular complexity index is 661. The lowest BCUT2D eigenvalue weighted by atomic mass is 10.0. The van der Waals surface area contributed by atoms with Crippen LogP contribution in [0.25, 0.3) is 0 Å². The number of amidine groups is 1. The van der Waals surface area contributed by atoms with E-state index in [0.29, 0.717) is 18.1 Å². The van der Waals surface area contributed by atoms with Gasteiger partial charge >= 0.3 is 0 Å². The molecular weight excluding hydrogens is 276 g/mol. The molecule has 4 nitrogen and oxygen atoms in total. The van der Waals surface area contributed by atoms with Gasteiger partial charge in [0.15, 0.2) is 5.84 Å². The Balaban J connectivity index is 2.12. The van der Waals surface area contributed by atoms with Gasteiger partial charge in [-0.15, -0.1) is 0 Å². The molecule has 0 spiro atoms. The van der Waals surface area contributed by atoms with Gasteiger partial charge in [-0.05, 0) is 35.6 Å². The molecule has 0 heterocycles. The fraction of sp³-hybridized carbons (Fsp3) is 0.278. The van der Waals surface area contributed by atoms with Crippen molar-refractivity contribution >= 4 is 5.84 Å². The summed E-state index contributed by atoms with van der Waals surface area (Å²) in [4.78, 5) is 0. The summed E-state index contributed by atoms with van der Waals surface area (Å²) < 4.78 is 5.98. The number of benzene rings is 2. The standard InChI is InChI=1S/C18H22N2O2/c1-12(2)16-9-4-13(3)10-17(16)22-11-14-5-7-15(8-6-14)18(19)20-21/h4-10,12,21H,11H2,1-3H3,(H2,19,20). The predicted octanol–water partition coefficient (Wildman–Crippen LogP) is 3.79. The number of nitrogens with zero attached hydrogens (tertiary/aromatic N) is 1. The van der Waals surface area contributed by atoms with Crippen LogP contribution in [-0.4, -0.2) is 11.0 Å². The first-order chi connectivity index (χ1) is 10.5. The molecule has 4 heteroatoms. The van der Waals surface area contributed by atoms with Crippen molar-refractivity contribution in [1.82, 2.24) is 0 Å². The molecule has 0 amide bonds. The molecule has 2 aromatic carbocycles. The summed E-state index contributed by atoms with van der Waals surface area (Å²) in [6.07, 6.45) is 0. The molecule has 0 aliphatic rings. The van der Waals surface area contributed by atoms with E-state index in [-0.39, 0.29) is 5.84 Å². The molecule has 0 aliphatic carbocycles. The van der Waals surface area contributed by atoms with E-state index in [4.69, 9.17) is 15.7 Å². The molecule has 0 fully saturated rings. The SMILES string of the molecule is Cc1ccc(C(C)C)c(OCc2ccc(/C(N)=N/O)cc2)c1. The highest BCUT2D eigenvalue weighted by molar-refractivity contribution is 5.96. The van der Waals surface area contributed by atoms with E-state index in [1.54, 1.807) is 0 Å². The molecule has 2 aromatic rings. The van der Waals surface area contributed by atoms with Gasteiger partial charge in [0.05, 0.1) is 0 Å². The van der Waals surface area contributed by atoms with Gasteiger partial charge in [-0.1, -0.05) is 55.4 Å². The first kappa shape index (κ1) is 15.9. The quantitative estimate of drug-likeness (QED) is 0.382. The van der Waals surface area contributed by atoms with E-state index in [2.05, 4.69) is 44.1 Å². The molecule has 116 valence electrons. The highest BCUT2D eigenvalue weighted by Gasteiger charge is 2.08. The molecule has 2 rings (SSSR count). The summed E-state index contributed by atoms with van der Waals surface area (Å²) in [6, 6.07) is 13.8. The topological polar surface area (TPSA) is 67.8 Å². The van der Waals surface area contributed by atoms with Crippen molar-refractivity contribution in [3.63, 3.8) is 0 Å². The molecule has 22 heavy (non-hydrogen) atoms. The number of nitrogens with two attached hydrogens (primary N) is 1. The van der Waals surface area contributed by atoms with Crippen LogP contribution in [0.3, 0.4) is 0 Å². The fourth-order valence-electron chi connectivity index (χ4n) is 2.23. The maximum atomic E-state index is 8.66. The molecule has 0 atom stereocenters. The van der Waals surface area contributed by atoms with Crippen LogP contribution in [0.2, 0.25) is 0 Å². The van der Waals surface area contributed by atoms with Gasteiger partial charge in [0.25, 0.3) is 0 Å². The second kappa shape index (κ2) is 6.98. The zero-order chi connectivity index (χ0) is 16.1. The summed E-state index contributed by atoms with van der Waals surface area (Å²) in [5, 5.41) is 11.6. The third-order valence-electron chi connectivity index (χ3n) is 3.54. The number of hydrogen-bond donors (Lipinski definition) is 2. The number of rotatable bonds is 5. The lowest BCUT2D eigenvalue weighted by Crippen LogP contribution is -2.12. The molecule has 0 unspecified atom stereocenters. The maximum absolute atomic E-state index is 8.66. The van der Waals surface area contributed by atoms with Crippen LogP contribution >= 0.6 is 0 Å². The monoisotopic (exact) mass is 298 g/mol. The van der Waals surface area contributed by atoms with Crippen LogP contribution in [0.1, 0.15) is 42.0 Å². The van der Waals surface area contributed by atoms with Crippen molar-refractivity contribution in [3.05, 3.63) is 64.7 Å². The molecule has 0 saturated heterocycles. The Hall–Kier alpha value is -2.49. The van der Waals surface area contributed by atoms with Crippen molar-refractivity contribution < 1.29 is 9.94 Å². The zero-order valence-electron chi connectivity index (χ0n) is 13.2. The van der Waals surface area contributed by atoms with Crippen molar-refractivity contribution in [2.45, 2.75) is 33.3 Å². The Kier molecular flexibility index (Phi) is 5.04. The van der Waals surface area contributed by atoms with Crippen molar-refractivity contribution in [1.29, 1.82) is 0 Å². The Morgan fingerprint density at radius 2 is 1.86 bits per heavy atom. The Morgan fingerprint density at radius 1 is 1.18 bits per heavy atom. The largest absolute Gasteiger partial charge is 0.489 e.